The maximum absolute atomic E-state index is 6.83. The lowest BCUT2D eigenvalue weighted by atomic mass is 9.65. The summed E-state index contributed by atoms with van der Waals surface area (Å²) in [7, 11) is 1.76. The van der Waals surface area contributed by atoms with Crippen LogP contribution in [0.4, 0.5) is 0 Å². The zero-order valence-corrected chi connectivity index (χ0v) is 12.9. The quantitative estimate of drug-likeness (QED) is 0.875. The molecule has 106 valence electrons. The van der Waals surface area contributed by atoms with E-state index in [1.54, 1.807) is 7.11 Å². The van der Waals surface area contributed by atoms with E-state index in [1.165, 1.54) is 29.5 Å². The second kappa shape index (κ2) is 5.16. The van der Waals surface area contributed by atoms with Crippen LogP contribution >= 0.6 is 0 Å². The van der Waals surface area contributed by atoms with E-state index in [0.717, 1.165) is 12.2 Å². The summed E-state index contributed by atoms with van der Waals surface area (Å²) < 4.78 is 5.68. The fourth-order valence-corrected chi connectivity index (χ4v) is 3.50. The monoisotopic (exact) mass is 261 g/mol. The molecule has 2 nitrogen and oxygen atoms in total. The maximum atomic E-state index is 6.83. The molecule has 0 bridgehead atoms. The Morgan fingerprint density at radius 1 is 1.26 bits per heavy atom. The van der Waals surface area contributed by atoms with Crippen LogP contribution in [0.2, 0.25) is 0 Å². The zero-order chi connectivity index (χ0) is 14.2. The Labute approximate surface area is 117 Å². The number of nitrogens with two attached hydrogens (primary N) is 1. The molecule has 3 atom stereocenters. The first kappa shape index (κ1) is 14.4. The molecule has 2 rings (SSSR count). The second-order valence-corrected chi connectivity index (χ2v) is 6.29. The lowest BCUT2D eigenvalue weighted by Crippen LogP contribution is -2.48. The van der Waals surface area contributed by atoms with Crippen molar-refractivity contribution < 1.29 is 4.74 Å². The molecule has 1 aromatic carbocycles. The molecule has 0 spiro atoms. The highest BCUT2D eigenvalue weighted by atomic mass is 16.5. The summed E-state index contributed by atoms with van der Waals surface area (Å²) in [5, 5.41) is 0. The molecule has 0 aliphatic heterocycles. The molecule has 1 saturated carbocycles. The number of hydrogen-bond donors (Lipinski definition) is 1. The molecule has 0 saturated heterocycles. The van der Waals surface area contributed by atoms with E-state index in [0.29, 0.717) is 11.8 Å². The molecule has 0 amide bonds. The predicted molar refractivity (Wildman–Crippen MR) is 80.5 cm³/mol. The third-order valence-electron chi connectivity index (χ3n) is 5.30. The molecule has 1 aromatic rings. The topological polar surface area (TPSA) is 35.2 Å². The summed E-state index contributed by atoms with van der Waals surface area (Å²) >= 11 is 0. The molecule has 0 heterocycles. The molecule has 0 aromatic heterocycles. The van der Waals surface area contributed by atoms with Gasteiger partial charge in [-0.05, 0) is 43.2 Å². The van der Waals surface area contributed by atoms with Gasteiger partial charge in [-0.3, -0.25) is 0 Å². The SMILES string of the molecule is COc1c(C2(N)CCCC(C)C2C)ccc(C)c1C. The van der Waals surface area contributed by atoms with Gasteiger partial charge in [-0.2, -0.15) is 0 Å². The normalized spacial score (nSPS) is 31.3. The summed E-state index contributed by atoms with van der Waals surface area (Å²) in [5.74, 6) is 2.14. The molecule has 19 heavy (non-hydrogen) atoms. The van der Waals surface area contributed by atoms with Crippen molar-refractivity contribution in [3.8, 4) is 5.75 Å². The molecule has 2 N–H and O–H groups in total. The zero-order valence-electron chi connectivity index (χ0n) is 12.9. The average molecular weight is 261 g/mol. The van der Waals surface area contributed by atoms with Crippen molar-refractivity contribution in [2.24, 2.45) is 17.6 Å². The van der Waals surface area contributed by atoms with Crippen LogP contribution < -0.4 is 10.5 Å². The molecule has 3 unspecified atom stereocenters. The lowest BCUT2D eigenvalue weighted by molar-refractivity contribution is 0.140. The maximum Gasteiger partial charge on any atom is 0.127 e. The molecule has 1 aliphatic carbocycles. The van der Waals surface area contributed by atoms with Crippen molar-refractivity contribution in [2.75, 3.05) is 7.11 Å². The van der Waals surface area contributed by atoms with Gasteiger partial charge in [0.2, 0.25) is 0 Å². The van der Waals surface area contributed by atoms with E-state index < -0.39 is 0 Å². The average Bonchev–Trinajstić information content (AvgIpc) is 2.39. The van der Waals surface area contributed by atoms with Crippen LogP contribution in [0.3, 0.4) is 0 Å². The summed E-state index contributed by atoms with van der Waals surface area (Å²) in [6, 6.07) is 4.35. The Kier molecular flexibility index (Phi) is 3.91. The number of methoxy groups -OCH3 is 1. The van der Waals surface area contributed by atoms with Gasteiger partial charge in [0.15, 0.2) is 0 Å². The molecule has 1 aliphatic rings. The fourth-order valence-electron chi connectivity index (χ4n) is 3.50. The minimum absolute atomic E-state index is 0.249. The van der Waals surface area contributed by atoms with Gasteiger partial charge in [-0.15, -0.1) is 0 Å². The van der Waals surface area contributed by atoms with E-state index >= 15 is 0 Å². The first-order valence-corrected chi connectivity index (χ1v) is 7.35. The van der Waals surface area contributed by atoms with Crippen molar-refractivity contribution in [1.29, 1.82) is 0 Å². The van der Waals surface area contributed by atoms with Crippen LogP contribution in [0.1, 0.15) is 49.8 Å². The molecule has 0 radical (unpaired) electrons. The highest BCUT2D eigenvalue weighted by Crippen LogP contribution is 2.46. The number of rotatable bonds is 2. The first-order chi connectivity index (χ1) is 8.91. The third kappa shape index (κ3) is 2.27. The van der Waals surface area contributed by atoms with E-state index in [-0.39, 0.29) is 5.54 Å². The largest absolute Gasteiger partial charge is 0.496 e. The second-order valence-electron chi connectivity index (χ2n) is 6.29. The van der Waals surface area contributed by atoms with Gasteiger partial charge in [-0.25, -0.2) is 0 Å². The summed E-state index contributed by atoms with van der Waals surface area (Å²) in [6.45, 7) is 8.85. The van der Waals surface area contributed by atoms with E-state index in [4.69, 9.17) is 10.5 Å². The van der Waals surface area contributed by atoms with E-state index in [9.17, 15) is 0 Å². The number of hydrogen-bond acceptors (Lipinski definition) is 2. The Morgan fingerprint density at radius 2 is 1.95 bits per heavy atom. The van der Waals surface area contributed by atoms with Crippen LogP contribution in [0.25, 0.3) is 0 Å². The Balaban J connectivity index is 2.54. The molecular weight excluding hydrogens is 234 g/mol. The van der Waals surface area contributed by atoms with Gasteiger partial charge in [0, 0.05) is 11.1 Å². The van der Waals surface area contributed by atoms with Gasteiger partial charge >= 0.3 is 0 Å². The van der Waals surface area contributed by atoms with Gasteiger partial charge in [0.1, 0.15) is 5.75 Å². The molecular formula is C17H27NO. The van der Waals surface area contributed by atoms with Crippen molar-refractivity contribution in [2.45, 2.75) is 52.5 Å². The third-order valence-corrected chi connectivity index (χ3v) is 5.30. The highest BCUT2D eigenvalue weighted by Gasteiger charge is 2.41. The summed E-state index contributed by atoms with van der Waals surface area (Å²) in [6.07, 6.45) is 3.54. The first-order valence-electron chi connectivity index (χ1n) is 7.35. The van der Waals surface area contributed by atoms with Crippen LogP contribution in [0.15, 0.2) is 12.1 Å². The van der Waals surface area contributed by atoms with Gasteiger partial charge in [0.25, 0.3) is 0 Å². The minimum Gasteiger partial charge on any atom is -0.496 e. The van der Waals surface area contributed by atoms with E-state index in [2.05, 4.69) is 39.8 Å². The molecule has 2 heteroatoms. The number of ether oxygens (including phenoxy) is 1. The number of aryl methyl sites for hydroxylation is 1. The van der Waals surface area contributed by atoms with E-state index in [1.807, 2.05) is 0 Å². The minimum atomic E-state index is -0.249. The van der Waals surface area contributed by atoms with Gasteiger partial charge in [0.05, 0.1) is 7.11 Å². The smallest absolute Gasteiger partial charge is 0.127 e. The Hall–Kier alpha value is -1.02. The van der Waals surface area contributed by atoms with Crippen molar-refractivity contribution in [1.82, 2.24) is 0 Å². The lowest BCUT2D eigenvalue weighted by Gasteiger charge is -2.44. The summed E-state index contributed by atoms with van der Waals surface area (Å²) in [4.78, 5) is 0. The van der Waals surface area contributed by atoms with Crippen molar-refractivity contribution in [3.63, 3.8) is 0 Å². The van der Waals surface area contributed by atoms with Crippen molar-refractivity contribution in [3.05, 3.63) is 28.8 Å². The van der Waals surface area contributed by atoms with Crippen LogP contribution in [-0.2, 0) is 5.54 Å². The summed E-state index contributed by atoms with van der Waals surface area (Å²) in [5.41, 5.74) is 10.3. The predicted octanol–water partition coefficient (Wildman–Crippen LogP) is 3.92. The Bertz CT molecular complexity index is 469. The fraction of sp³-hybridized carbons (Fsp3) is 0.647. The van der Waals surface area contributed by atoms with Gasteiger partial charge in [-0.1, -0.05) is 38.8 Å². The van der Waals surface area contributed by atoms with Crippen LogP contribution in [0.5, 0.6) is 5.75 Å². The standard InChI is InChI=1S/C17H27NO/c1-11-8-9-15(16(19-5)13(11)3)17(18)10-6-7-12(2)14(17)4/h8-9,12,14H,6-7,10,18H2,1-5H3. The Morgan fingerprint density at radius 3 is 2.58 bits per heavy atom. The number of benzene rings is 1. The van der Waals surface area contributed by atoms with Crippen molar-refractivity contribution >= 4 is 0 Å². The van der Waals surface area contributed by atoms with Crippen LogP contribution in [0, 0.1) is 25.7 Å². The molecule has 1 fully saturated rings. The van der Waals surface area contributed by atoms with Gasteiger partial charge < -0.3 is 10.5 Å². The van der Waals surface area contributed by atoms with Crippen LogP contribution in [-0.4, -0.2) is 7.11 Å². The highest BCUT2D eigenvalue weighted by molar-refractivity contribution is 5.49.